The lowest BCUT2D eigenvalue weighted by Gasteiger charge is -2.19. The normalized spacial score (nSPS) is 21.3. The van der Waals surface area contributed by atoms with Crippen LogP contribution in [0.1, 0.15) is 21.5 Å². The summed E-state index contributed by atoms with van der Waals surface area (Å²) in [6, 6.07) is 6.24. The van der Waals surface area contributed by atoms with E-state index in [4.69, 9.17) is 11.6 Å². The molecule has 1 N–H and O–H groups in total. The first-order valence-corrected chi connectivity index (χ1v) is 8.46. The number of ketones is 1. The summed E-state index contributed by atoms with van der Waals surface area (Å²) in [4.78, 5) is 39.0. The van der Waals surface area contributed by atoms with E-state index < -0.39 is 17.5 Å². The molecule has 3 heterocycles. The molecule has 1 aliphatic rings. The van der Waals surface area contributed by atoms with E-state index in [-0.39, 0.29) is 12.3 Å². The number of carbonyl (C=O) groups is 3. The van der Waals surface area contributed by atoms with Crippen LogP contribution in [-0.4, -0.2) is 29.2 Å². The van der Waals surface area contributed by atoms with Gasteiger partial charge in [-0.05, 0) is 30.5 Å². The van der Waals surface area contributed by atoms with Gasteiger partial charge in [-0.3, -0.25) is 14.5 Å². The number of thiophene rings is 2. The summed E-state index contributed by atoms with van der Waals surface area (Å²) < 4.78 is 0.490. The molecule has 1 aliphatic heterocycles. The fourth-order valence-electron chi connectivity index (χ4n) is 2.26. The Kier molecular flexibility index (Phi) is 3.80. The highest BCUT2D eigenvalue weighted by Gasteiger charge is 2.50. The van der Waals surface area contributed by atoms with E-state index in [1.165, 1.54) is 11.3 Å². The van der Waals surface area contributed by atoms with Gasteiger partial charge >= 0.3 is 6.03 Å². The monoisotopic (exact) mass is 354 g/mol. The van der Waals surface area contributed by atoms with Crippen LogP contribution in [0.15, 0.2) is 29.6 Å². The Labute approximate surface area is 139 Å². The smallest absolute Gasteiger partial charge is 0.319 e. The number of hydrogen-bond acceptors (Lipinski definition) is 5. The average molecular weight is 355 g/mol. The fourth-order valence-corrected chi connectivity index (χ4v) is 4.06. The first kappa shape index (κ1) is 15.2. The number of rotatable bonds is 4. The Hall–Kier alpha value is -1.70. The molecule has 1 fully saturated rings. The van der Waals surface area contributed by atoms with Crippen molar-refractivity contribution in [2.75, 3.05) is 6.54 Å². The molecule has 0 radical (unpaired) electrons. The molecule has 0 saturated carbocycles. The standard InChI is InChI=1S/C14H11ClN2O3S2/c1-14(10-3-2-6-21-10)12(19)17(13(20)16-14)7-8(18)9-4-5-11(15)22-9/h2-6H,7H2,1H3,(H,16,20)/t14-/m1/s1. The molecule has 8 heteroatoms. The van der Waals surface area contributed by atoms with Crippen LogP contribution in [-0.2, 0) is 10.3 Å². The van der Waals surface area contributed by atoms with E-state index in [0.29, 0.717) is 9.21 Å². The molecule has 0 bridgehead atoms. The molecule has 0 aromatic carbocycles. The summed E-state index contributed by atoms with van der Waals surface area (Å²) >= 11 is 8.31. The second-order valence-corrected chi connectivity index (χ2v) is 7.61. The van der Waals surface area contributed by atoms with Crippen LogP contribution < -0.4 is 5.32 Å². The highest BCUT2D eigenvalue weighted by atomic mass is 35.5. The molecular formula is C14H11ClN2O3S2. The zero-order valence-corrected chi connectivity index (χ0v) is 13.8. The third kappa shape index (κ3) is 2.45. The van der Waals surface area contributed by atoms with Gasteiger partial charge in [-0.25, -0.2) is 4.79 Å². The molecule has 3 amide bonds. The summed E-state index contributed by atoms with van der Waals surface area (Å²) in [6.07, 6.45) is 0. The van der Waals surface area contributed by atoms with Gasteiger partial charge in [0.05, 0.1) is 15.8 Å². The van der Waals surface area contributed by atoms with Crippen molar-refractivity contribution >= 4 is 52.0 Å². The van der Waals surface area contributed by atoms with Crippen LogP contribution in [0.25, 0.3) is 0 Å². The zero-order chi connectivity index (χ0) is 15.9. The summed E-state index contributed by atoms with van der Waals surface area (Å²) in [5, 5.41) is 4.50. The van der Waals surface area contributed by atoms with Crippen LogP contribution >= 0.6 is 34.3 Å². The SMILES string of the molecule is C[C@]1(c2cccs2)NC(=O)N(CC(=O)c2ccc(Cl)s2)C1=O. The minimum absolute atomic E-state index is 0.289. The fraction of sp³-hybridized carbons (Fsp3) is 0.214. The molecule has 5 nitrogen and oxygen atoms in total. The lowest BCUT2D eigenvalue weighted by atomic mass is 10.0. The van der Waals surface area contributed by atoms with Crippen molar-refractivity contribution in [2.24, 2.45) is 0 Å². The van der Waals surface area contributed by atoms with Gasteiger partial charge < -0.3 is 5.32 Å². The molecule has 2 aromatic heterocycles. The van der Waals surface area contributed by atoms with E-state index in [9.17, 15) is 14.4 Å². The number of halogens is 1. The van der Waals surface area contributed by atoms with Crippen LogP contribution in [0.4, 0.5) is 4.79 Å². The first-order valence-electron chi connectivity index (χ1n) is 6.38. The zero-order valence-electron chi connectivity index (χ0n) is 11.5. The Morgan fingerprint density at radius 1 is 1.36 bits per heavy atom. The van der Waals surface area contributed by atoms with E-state index in [1.54, 1.807) is 25.1 Å². The van der Waals surface area contributed by atoms with E-state index in [1.807, 2.05) is 11.4 Å². The number of carbonyl (C=O) groups excluding carboxylic acids is 3. The van der Waals surface area contributed by atoms with Gasteiger partial charge in [-0.1, -0.05) is 17.7 Å². The van der Waals surface area contributed by atoms with Gasteiger partial charge in [-0.15, -0.1) is 22.7 Å². The molecule has 1 atom stereocenters. The molecule has 0 unspecified atom stereocenters. The molecule has 1 saturated heterocycles. The number of nitrogens with zero attached hydrogens (tertiary/aromatic N) is 1. The highest BCUT2D eigenvalue weighted by Crippen LogP contribution is 2.32. The maximum atomic E-state index is 12.6. The number of hydrogen-bond donors (Lipinski definition) is 1. The molecule has 2 aromatic rings. The summed E-state index contributed by atoms with van der Waals surface area (Å²) in [5.74, 6) is -0.730. The van der Waals surface area contributed by atoms with Crippen molar-refractivity contribution in [3.63, 3.8) is 0 Å². The van der Waals surface area contributed by atoms with Crippen LogP contribution in [0, 0.1) is 0 Å². The molecule has 22 heavy (non-hydrogen) atoms. The van der Waals surface area contributed by atoms with E-state index in [0.717, 1.165) is 21.1 Å². The molecule has 3 rings (SSSR count). The summed E-state index contributed by atoms with van der Waals surface area (Å²) in [5.41, 5.74) is -1.11. The van der Waals surface area contributed by atoms with Gasteiger partial charge in [-0.2, -0.15) is 0 Å². The quantitative estimate of drug-likeness (QED) is 0.677. The van der Waals surface area contributed by atoms with Crippen molar-refractivity contribution in [3.8, 4) is 0 Å². The third-order valence-electron chi connectivity index (χ3n) is 3.44. The van der Waals surface area contributed by atoms with Gasteiger partial charge in [0.25, 0.3) is 5.91 Å². The van der Waals surface area contributed by atoms with Gasteiger partial charge in [0, 0.05) is 4.88 Å². The lowest BCUT2D eigenvalue weighted by molar-refractivity contribution is -0.130. The van der Waals surface area contributed by atoms with Gasteiger partial charge in [0.2, 0.25) is 0 Å². The number of amides is 3. The summed E-state index contributed by atoms with van der Waals surface area (Å²) in [6.45, 7) is 1.36. The predicted molar refractivity (Wildman–Crippen MR) is 85.6 cm³/mol. The second-order valence-electron chi connectivity index (χ2n) is 4.95. The first-order chi connectivity index (χ1) is 10.4. The van der Waals surface area contributed by atoms with Crippen molar-refractivity contribution in [1.29, 1.82) is 0 Å². The Bertz CT molecular complexity index is 756. The average Bonchev–Trinajstić information content (AvgIpc) is 3.17. The largest absolute Gasteiger partial charge is 0.325 e. The van der Waals surface area contributed by atoms with E-state index in [2.05, 4.69) is 5.32 Å². The molecule has 114 valence electrons. The van der Waals surface area contributed by atoms with Crippen molar-refractivity contribution in [3.05, 3.63) is 43.7 Å². The molecular weight excluding hydrogens is 344 g/mol. The topological polar surface area (TPSA) is 66.5 Å². The maximum absolute atomic E-state index is 12.6. The van der Waals surface area contributed by atoms with Gasteiger partial charge in [0.15, 0.2) is 11.3 Å². The third-order valence-corrected chi connectivity index (χ3v) is 5.80. The van der Waals surface area contributed by atoms with Crippen LogP contribution in [0.2, 0.25) is 4.34 Å². The highest BCUT2D eigenvalue weighted by molar-refractivity contribution is 7.18. The Morgan fingerprint density at radius 3 is 2.73 bits per heavy atom. The minimum atomic E-state index is -1.11. The minimum Gasteiger partial charge on any atom is -0.319 e. The Balaban J connectivity index is 1.82. The second kappa shape index (κ2) is 5.49. The molecule has 0 aliphatic carbocycles. The maximum Gasteiger partial charge on any atom is 0.325 e. The lowest BCUT2D eigenvalue weighted by Crippen LogP contribution is -2.40. The van der Waals surface area contributed by atoms with Gasteiger partial charge in [0.1, 0.15) is 0 Å². The summed E-state index contributed by atoms with van der Waals surface area (Å²) in [7, 11) is 0. The predicted octanol–water partition coefficient (Wildman–Crippen LogP) is 3.11. The van der Waals surface area contributed by atoms with Crippen LogP contribution in [0.3, 0.4) is 0 Å². The van der Waals surface area contributed by atoms with Crippen molar-refractivity contribution in [1.82, 2.24) is 10.2 Å². The van der Waals surface area contributed by atoms with Crippen LogP contribution in [0.5, 0.6) is 0 Å². The number of urea groups is 1. The number of Topliss-reactive ketones (excluding diaryl/α,β-unsaturated/α-hetero) is 1. The molecule has 0 spiro atoms. The van der Waals surface area contributed by atoms with Crippen molar-refractivity contribution in [2.45, 2.75) is 12.5 Å². The number of nitrogens with one attached hydrogen (secondary N) is 1. The van der Waals surface area contributed by atoms with Crippen molar-refractivity contribution < 1.29 is 14.4 Å². The number of imide groups is 1. The Morgan fingerprint density at radius 2 is 2.14 bits per heavy atom. The van der Waals surface area contributed by atoms with E-state index >= 15 is 0 Å².